The van der Waals surface area contributed by atoms with Crippen molar-refractivity contribution in [1.82, 2.24) is 0 Å². The van der Waals surface area contributed by atoms with Crippen LogP contribution in [0.25, 0.3) is 0 Å². The number of carbonyl (C=O) groups excluding carboxylic acids is 2. The SMILES string of the molecule is Cc1cc(C)c(N2C(=O)CC3(CCCCC3)C2=O)cc1N. The Kier molecular flexibility index (Phi) is 3.27. The van der Waals surface area contributed by atoms with Gasteiger partial charge in [-0.1, -0.05) is 25.3 Å². The molecule has 1 aromatic rings. The van der Waals surface area contributed by atoms with Crippen molar-refractivity contribution in [2.24, 2.45) is 5.41 Å². The Balaban J connectivity index is 2.01. The third-order valence-electron chi connectivity index (χ3n) is 5.03. The van der Waals surface area contributed by atoms with E-state index >= 15 is 0 Å². The summed E-state index contributed by atoms with van der Waals surface area (Å²) in [6.07, 6.45) is 5.30. The number of benzene rings is 1. The van der Waals surface area contributed by atoms with Gasteiger partial charge in [-0.25, -0.2) is 4.90 Å². The van der Waals surface area contributed by atoms with Crippen LogP contribution in [0.3, 0.4) is 0 Å². The van der Waals surface area contributed by atoms with Gasteiger partial charge in [0.05, 0.1) is 11.1 Å². The highest BCUT2D eigenvalue weighted by Gasteiger charge is 2.52. The molecule has 4 heteroatoms. The number of imide groups is 1. The van der Waals surface area contributed by atoms with Crippen LogP contribution in [-0.4, -0.2) is 11.8 Å². The van der Waals surface area contributed by atoms with Gasteiger partial charge in [-0.05, 0) is 43.9 Å². The maximum absolute atomic E-state index is 12.9. The average Bonchev–Trinajstić information content (AvgIpc) is 2.67. The van der Waals surface area contributed by atoms with Crippen LogP contribution in [0, 0.1) is 19.3 Å². The first-order valence-corrected chi connectivity index (χ1v) is 7.69. The Morgan fingerprint density at radius 2 is 1.71 bits per heavy atom. The maximum atomic E-state index is 12.9. The average molecular weight is 286 g/mol. The molecule has 0 atom stereocenters. The molecule has 1 aliphatic carbocycles. The van der Waals surface area contributed by atoms with Crippen LogP contribution >= 0.6 is 0 Å². The Bertz CT molecular complexity index is 615. The summed E-state index contributed by atoms with van der Waals surface area (Å²) in [7, 11) is 0. The van der Waals surface area contributed by atoms with E-state index < -0.39 is 5.41 Å². The van der Waals surface area contributed by atoms with Crippen LogP contribution < -0.4 is 10.6 Å². The van der Waals surface area contributed by atoms with Gasteiger partial charge in [-0.2, -0.15) is 0 Å². The van der Waals surface area contributed by atoms with E-state index in [9.17, 15) is 9.59 Å². The lowest BCUT2D eigenvalue weighted by Crippen LogP contribution is -2.37. The molecule has 0 bridgehead atoms. The summed E-state index contributed by atoms with van der Waals surface area (Å²) in [5, 5.41) is 0. The molecule has 21 heavy (non-hydrogen) atoms. The zero-order valence-electron chi connectivity index (χ0n) is 12.7. The molecular formula is C17H22N2O2. The van der Waals surface area contributed by atoms with E-state index in [2.05, 4.69) is 0 Å². The van der Waals surface area contributed by atoms with Crippen molar-refractivity contribution in [3.05, 3.63) is 23.3 Å². The summed E-state index contributed by atoms with van der Waals surface area (Å²) in [6.45, 7) is 3.86. The minimum atomic E-state index is -0.443. The number of hydrogen-bond donors (Lipinski definition) is 1. The minimum Gasteiger partial charge on any atom is -0.398 e. The Morgan fingerprint density at radius 3 is 2.38 bits per heavy atom. The number of nitrogens with zero attached hydrogens (tertiary/aromatic N) is 1. The lowest BCUT2D eigenvalue weighted by Gasteiger charge is -2.30. The highest BCUT2D eigenvalue weighted by atomic mass is 16.2. The largest absolute Gasteiger partial charge is 0.398 e. The van der Waals surface area contributed by atoms with Gasteiger partial charge >= 0.3 is 0 Å². The number of carbonyl (C=O) groups is 2. The smallest absolute Gasteiger partial charge is 0.240 e. The van der Waals surface area contributed by atoms with Crippen LogP contribution in [0.1, 0.15) is 49.7 Å². The Labute approximate surface area is 125 Å². The number of hydrogen-bond acceptors (Lipinski definition) is 3. The molecule has 0 radical (unpaired) electrons. The standard InChI is InChI=1S/C17H22N2O2/c1-11-8-12(2)14(9-13(11)18)19-15(20)10-17(16(19)21)6-4-3-5-7-17/h8-9H,3-7,10,18H2,1-2H3. The fourth-order valence-electron chi connectivity index (χ4n) is 3.76. The van der Waals surface area contributed by atoms with Gasteiger partial charge in [0.1, 0.15) is 0 Å². The number of amides is 2. The van der Waals surface area contributed by atoms with Gasteiger partial charge in [0.25, 0.3) is 0 Å². The van der Waals surface area contributed by atoms with Crippen molar-refractivity contribution in [3.63, 3.8) is 0 Å². The van der Waals surface area contributed by atoms with E-state index in [0.29, 0.717) is 17.8 Å². The van der Waals surface area contributed by atoms with Crippen molar-refractivity contribution in [1.29, 1.82) is 0 Å². The monoisotopic (exact) mass is 286 g/mol. The fourth-order valence-corrected chi connectivity index (χ4v) is 3.76. The number of anilines is 2. The number of rotatable bonds is 1. The topological polar surface area (TPSA) is 63.4 Å². The first kappa shape index (κ1) is 14.1. The summed E-state index contributed by atoms with van der Waals surface area (Å²) >= 11 is 0. The molecule has 2 fully saturated rings. The number of aryl methyl sites for hydroxylation is 2. The van der Waals surface area contributed by atoms with Gasteiger partial charge in [-0.3, -0.25) is 9.59 Å². The molecule has 1 saturated carbocycles. The summed E-state index contributed by atoms with van der Waals surface area (Å²) in [5.41, 5.74) is 8.72. The molecule has 3 rings (SSSR count). The van der Waals surface area contributed by atoms with E-state index in [0.717, 1.165) is 36.8 Å². The summed E-state index contributed by atoms with van der Waals surface area (Å²) in [5.74, 6) is -0.0909. The van der Waals surface area contributed by atoms with Gasteiger partial charge in [0.15, 0.2) is 0 Å². The number of nitrogens with two attached hydrogens (primary N) is 1. The van der Waals surface area contributed by atoms with E-state index in [4.69, 9.17) is 5.73 Å². The van der Waals surface area contributed by atoms with E-state index in [1.807, 2.05) is 19.9 Å². The first-order chi connectivity index (χ1) is 9.94. The molecule has 112 valence electrons. The zero-order chi connectivity index (χ0) is 15.2. The molecule has 2 amide bonds. The predicted octanol–water partition coefficient (Wildman–Crippen LogP) is 3.10. The van der Waals surface area contributed by atoms with Gasteiger partial charge in [0.2, 0.25) is 11.8 Å². The summed E-state index contributed by atoms with van der Waals surface area (Å²) in [4.78, 5) is 26.8. The molecule has 1 aromatic carbocycles. The summed E-state index contributed by atoms with van der Waals surface area (Å²) < 4.78 is 0. The first-order valence-electron chi connectivity index (χ1n) is 7.69. The zero-order valence-corrected chi connectivity index (χ0v) is 12.7. The van der Waals surface area contributed by atoms with Crippen LogP contribution in [-0.2, 0) is 9.59 Å². The van der Waals surface area contributed by atoms with Crippen LogP contribution in [0.4, 0.5) is 11.4 Å². The van der Waals surface area contributed by atoms with E-state index in [1.54, 1.807) is 6.07 Å². The number of nitrogen functional groups attached to an aromatic ring is 1. The lowest BCUT2D eigenvalue weighted by molar-refractivity contribution is -0.127. The third kappa shape index (κ3) is 2.13. The minimum absolute atomic E-state index is 0.0152. The molecule has 1 aliphatic heterocycles. The molecule has 0 unspecified atom stereocenters. The van der Waals surface area contributed by atoms with Crippen molar-refractivity contribution >= 4 is 23.2 Å². The van der Waals surface area contributed by atoms with Crippen LogP contribution in [0.5, 0.6) is 0 Å². The molecule has 1 heterocycles. The highest BCUT2D eigenvalue weighted by Crippen LogP contribution is 2.47. The molecule has 1 spiro atoms. The third-order valence-corrected chi connectivity index (χ3v) is 5.03. The predicted molar refractivity (Wildman–Crippen MR) is 83.0 cm³/mol. The van der Waals surface area contributed by atoms with Crippen LogP contribution in [0.2, 0.25) is 0 Å². The van der Waals surface area contributed by atoms with Crippen molar-refractivity contribution in [3.8, 4) is 0 Å². The lowest BCUT2D eigenvalue weighted by atomic mass is 9.73. The Hall–Kier alpha value is -1.84. The Morgan fingerprint density at radius 1 is 1.05 bits per heavy atom. The van der Waals surface area contributed by atoms with Crippen molar-refractivity contribution in [2.75, 3.05) is 10.6 Å². The molecule has 0 aromatic heterocycles. The van der Waals surface area contributed by atoms with Crippen molar-refractivity contribution in [2.45, 2.75) is 52.4 Å². The maximum Gasteiger partial charge on any atom is 0.240 e. The van der Waals surface area contributed by atoms with Gasteiger partial charge in [-0.15, -0.1) is 0 Å². The summed E-state index contributed by atoms with van der Waals surface area (Å²) in [6, 6.07) is 3.71. The van der Waals surface area contributed by atoms with Crippen molar-refractivity contribution < 1.29 is 9.59 Å². The van der Waals surface area contributed by atoms with Gasteiger partial charge in [0, 0.05) is 12.1 Å². The molecule has 2 N–H and O–H groups in total. The second kappa shape index (κ2) is 4.86. The van der Waals surface area contributed by atoms with E-state index in [1.165, 1.54) is 11.3 Å². The van der Waals surface area contributed by atoms with Gasteiger partial charge < -0.3 is 5.73 Å². The quantitative estimate of drug-likeness (QED) is 0.637. The molecule has 1 saturated heterocycles. The highest BCUT2D eigenvalue weighted by molar-refractivity contribution is 6.23. The fraction of sp³-hybridized carbons (Fsp3) is 0.529. The molecule has 2 aliphatic rings. The normalized spacial score (nSPS) is 21.3. The molecule has 4 nitrogen and oxygen atoms in total. The van der Waals surface area contributed by atoms with E-state index in [-0.39, 0.29) is 11.8 Å². The van der Waals surface area contributed by atoms with Crippen LogP contribution in [0.15, 0.2) is 12.1 Å². The molecular weight excluding hydrogens is 264 g/mol. The second-order valence-corrected chi connectivity index (χ2v) is 6.55. The second-order valence-electron chi connectivity index (χ2n) is 6.55.